The van der Waals surface area contributed by atoms with Crippen molar-refractivity contribution in [1.29, 1.82) is 0 Å². The van der Waals surface area contributed by atoms with Crippen LogP contribution < -0.4 is 15.8 Å². The average Bonchev–Trinajstić information content (AvgIpc) is 2.93. The Morgan fingerprint density at radius 2 is 2.00 bits per heavy atom. The number of anilines is 2. The van der Waals surface area contributed by atoms with Crippen LogP contribution in [0.3, 0.4) is 0 Å². The molecule has 200 valence electrons. The number of aromatic nitrogens is 1. The van der Waals surface area contributed by atoms with E-state index in [1.807, 2.05) is 29.6 Å². The highest BCUT2D eigenvalue weighted by Gasteiger charge is 2.28. The number of rotatable bonds is 6. The van der Waals surface area contributed by atoms with E-state index in [1.165, 1.54) is 25.1 Å². The first-order valence-electron chi connectivity index (χ1n) is 13.3. The first kappa shape index (κ1) is 25.8. The number of hydrogen-bond donors (Lipinski definition) is 2. The standard InChI is InChI=1S/C29H34N4O3S2/c1-19(16-32-10-12-35-18-20(32)2)31-21-6-7-25-27(14-21)37-26-5-3-4-23(29(26)38-25)24-17-33(11-13-36-24)22-8-9-30-28(34)15-22/h3-9,14-15,19-20,24,31H,10-13,16-18H2,1-2H3,(H,30,34). The number of aromatic amines is 1. The van der Waals surface area contributed by atoms with Crippen LogP contribution in [-0.4, -0.2) is 68.0 Å². The maximum absolute atomic E-state index is 11.8. The van der Waals surface area contributed by atoms with Crippen molar-refractivity contribution in [3.63, 3.8) is 0 Å². The molecule has 7 nitrogen and oxygen atoms in total. The van der Waals surface area contributed by atoms with Gasteiger partial charge < -0.3 is 24.7 Å². The van der Waals surface area contributed by atoms with Gasteiger partial charge in [-0.1, -0.05) is 35.7 Å². The second-order valence-corrected chi connectivity index (χ2v) is 12.4. The first-order chi connectivity index (χ1) is 18.5. The Morgan fingerprint density at radius 3 is 2.87 bits per heavy atom. The van der Waals surface area contributed by atoms with Gasteiger partial charge in [-0.15, -0.1) is 0 Å². The van der Waals surface area contributed by atoms with Gasteiger partial charge in [0.1, 0.15) is 6.10 Å². The number of fused-ring (bicyclic) bond motifs is 2. The molecule has 1 aromatic heterocycles. The maximum atomic E-state index is 11.8. The van der Waals surface area contributed by atoms with Crippen LogP contribution in [0, 0.1) is 0 Å². The lowest BCUT2D eigenvalue weighted by atomic mass is 10.1. The van der Waals surface area contributed by atoms with Crippen LogP contribution in [0.1, 0.15) is 25.5 Å². The summed E-state index contributed by atoms with van der Waals surface area (Å²) in [5.74, 6) is 0. The van der Waals surface area contributed by atoms with Crippen molar-refractivity contribution in [2.75, 3.05) is 56.2 Å². The highest BCUT2D eigenvalue weighted by Crippen LogP contribution is 2.51. The average molecular weight is 551 g/mol. The van der Waals surface area contributed by atoms with Crippen LogP contribution in [0.4, 0.5) is 11.4 Å². The fourth-order valence-electron chi connectivity index (χ4n) is 5.38. The number of ether oxygens (including phenoxy) is 2. The summed E-state index contributed by atoms with van der Waals surface area (Å²) in [7, 11) is 0. The minimum Gasteiger partial charge on any atom is -0.381 e. The number of H-pyrrole nitrogens is 1. The predicted molar refractivity (Wildman–Crippen MR) is 154 cm³/mol. The van der Waals surface area contributed by atoms with Gasteiger partial charge in [0.2, 0.25) is 5.56 Å². The van der Waals surface area contributed by atoms with Crippen molar-refractivity contribution in [3.8, 4) is 0 Å². The summed E-state index contributed by atoms with van der Waals surface area (Å²) in [5, 5.41) is 3.72. The lowest BCUT2D eigenvalue weighted by Gasteiger charge is -2.36. The van der Waals surface area contributed by atoms with Crippen LogP contribution in [0.2, 0.25) is 0 Å². The predicted octanol–water partition coefficient (Wildman–Crippen LogP) is 5.09. The van der Waals surface area contributed by atoms with Crippen LogP contribution in [0.5, 0.6) is 0 Å². The van der Waals surface area contributed by atoms with Gasteiger partial charge in [0.15, 0.2) is 0 Å². The van der Waals surface area contributed by atoms with Crippen LogP contribution in [0.25, 0.3) is 0 Å². The summed E-state index contributed by atoms with van der Waals surface area (Å²) >= 11 is 3.67. The van der Waals surface area contributed by atoms with Crippen molar-refractivity contribution in [2.24, 2.45) is 0 Å². The molecule has 2 fully saturated rings. The largest absolute Gasteiger partial charge is 0.381 e. The highest BCUT2D eigenvalue weighted by atomic mass is 32.2. The van der Waals surface area contributed by atoms with Gasteiger partial charge >= 0.3 is 0 Å². The second-order valence-electron chi connectivity index (χ2n) is 10.2. The summed E-state index contributed by atoms with van der Waals surface area (Å²) < 4.78 is 11.9. The number of hydrogen-bond acceptors (Lipinski definition) is 8. The number of pyridine rings is 1. The number of morpholine rings is 2. The summed E-state index contributed by atoms with van der Waals surface area (Å²) in [6, 6.07) is 17.7. The molecule has 3 unspecified atom stereocenters. The van der Waals surface area contributed by atoms with Crippen molar-refractivity contribution < 1.29 is 9.47 Å². The highest BCUT2D eigenvalue weighted by molar-refractivity contribution is 8.05. The lowest BCUT2D eigenvalue weighted by molar-refractivity contribution is -0.00127. The fraction of sp³-hybridized carbons (Fsp3) is 0.414. The van der Waals surface area contributed by atoms with Crippen molar-refractivity contribution in [3.05, 3.63) is 70.6 Å². The smallest absolute Gasteiger partial charge is 0.249 e. The van der Waals surface area contributed by atoms with E-state index in [4.69, 9.17) is 9.47 Å². The number of benzene rings is 2. The lowest BCUT2D eigenvalue weighted by Crippen LogP contribution is -2.47. The summed E-state index contributed by atoms with van der Waals surface area (Å²) in [4.78, 5) is 24.4. The van der Waals surface area contributed by atoms with Gasteiger partial charge in [0.05, 0.1) is 19.8 Å². The molecular formula is C29H34N4O3S2. The van der Waals surface area contributed by atoms with Gasteiger partial charge in [-0.2, -0.15) is 0 Å². The van der Waals surface area contributed by atoms with Gasteiger partial charge in [-0.25, -0.2) is 0 Å². The molecule has 6 rings (SSSR count). The zero-order chi connectivity index (χ0) is 26.1. The third-order valence-electron chi connectivity index (χ3n) is 7.35. The molecule has 0 saturated carbocycles. The molecule has 4 heterocycles. The zero-order valence-electron chi connectivity index (χ0n) is 21.8. The molecule has 2 saturated heterocycles. The molecule has 38 heavy (non-hydrogen) atoms. The normalized spacial score (nSPS) is 22.4. The maximum Gasteiger partial charge on any atom is 0.249 e. The number of nitrogens with one attached hydrogen (secondary N) is 2. The molecule has 0 amide bonds. The SMILES string of the molecule is CC(CN1CCOCC1C)Nc1ccc2c(c1)Sc1cccc(C3CN(c4cc[nH]c(=O)c4)CCO3)c1S2. The summed E-state index contributed by atoms with van der Waals surface area (Å²) in [6.45, 7) is 10.3. The first-order valence-corrected chi connectivity index (χ1v) is 14.9. The van der Waals surface area contributed by atoms with E-state index in [-0.39, 0.29) is 11.7 Å². The van der Waals surface area contributed by atoms with E-state index in [0.29, 0.717) is 18.7 Å². The van der Waals surface area contributed by atoms with Crippen LogP contribution in [0.15, 0.2) is 79.1 Å². The van der Waals surface area contributed by atoms with E-state index in [9.17, 15) is 4.79 Å². The molecule has 3 aromatic rings. The molecule has 2 N–H and O–H groups in total. The Balaban J connectivity index is 1.16. The molecule has 0 bridgehead atoms. The quantitative estimate of drug-likeness (QED) is 0.344. The summed E-state index contributed by atoms with van der Waals surface area (Å²) in [5.41, 5.74) is 3.24. The molecule has 2 aromatic carbocycles. The van der Waals surface area contributed by atoms with Gasteiger partial charge in [-0.05, 0) is 49.7 Å². The minimum atomic E-state index is -0.0786. The number of nitrogens with zero attached hydrogens (tertiary/aromatic N) is 2. The second kappa shape index (κ2) is 11.4. The van der Waals surface area contributed by atoms with Crippen molar-refractivity contribution in [1.82, 2.24) is 9.88 Å². The van der Waals surface area contributed by atoms with E-state index in [0.717, 1.165) is 50.8 Å². The van der Waals surface area contributed by atoms with Crippen LogP contribution in [-0.2, 0) is 9.47 Å². The Bertz CT molecular complexity index is 1350. The third kappa shape index (κ3) is 5.62. The molecule has 0 radical (unpaired) electrons. The Labute approximate surface area is 232 Å². The molecule has 0 spiro atoms. The molecule has 0 aliphatic carbocycles. The van der Waals surface area contributed by atoms with Crippen molar-refractivity contribution in [2.45, 2.75) is 51.6 Å². The molecule has 3 aliphatic rings. The van der Waals surface area contributed by atoms with E-state index in [1.54, 1.807) is 12.3 Å². The van der Waals surface area contributed by atoms with Gasteiger partial charge in [0, 0.05) is 81.5 Å². The third-order valence-corrected chi connectivity index (χ3v) is 9.96. The fourth-order valence-corrected chi connectivity index (χ4v) is 7.83. The van der Waals surface area contributed by atoms with Gasteiger partial charge in [-0.3, -0.25) is 9.69 Å². The van der Waals surface area contributed by atoms with E-state index >= 15 is 0 Å². The Morgan fingerprint density at radius 1 is 1.08 bits per heavy atom. The Kier molecular flexibility index (Phi) is 7.72. The van der Waals surface area contributed by atoms with Crippen LogP contribution >= 0.6 is 23.5 Å². The molecule has 9 heteroatoms. The summed E-state index contributed by atoms with van der Waals surface area (Å²) in [6.07, 6.45) is 1.67. The van der Waals surface area contributed by atoms with E-state index < -0.39 is 0 Å². The minimum absolute atomic E-state index is 0.0444. The topological polar surface area (TPSA) is 69.8 Å². The zero-order valence-corrected chi connectivity index (χ0v) is 23.4. The van der Waals surface area contributed by atoms with E-state index in [2.05, 4.69) is 70.3 Å². The molecule has 3 aliphatic heterocycles. The van der Waals surface area contributed by atoms with Gasteiger partial charge in [0.25, 0.3) is 0 Å². The molecular weight excluding hydrogens is 516 g/mol. The van der Waals surface area contributed by atoms with Crippen molar-refractivity contribution >= 4 is 34.9 Å². The Hall–Kier alpha value is -2.43. The molecule has 3 atom stereocenters. The monoisotopic (exact) mass is 550 g/mol.